The van der Waals surface area contributed by atoms with E-state index in [1.807, 2.05) is 0 Å². The Morgan fingerprint density at radius 2 is 1.10 bits per heavy atom. The summed E-state index contributed by atoms with van der Waals surface area (Å²) >= 11 is -2.81. The van der Waals surface area contributed by atoms with Crippen LogP contribution in [0.1, 0.15) is 38.8 Å². The second-order valence-corrected chi connectivity index (χ2v) is 15.7. The summed E-state index contributed by atoms with van der Waals surface area (Å²) in [5.74, 6) is 0. The SMILES string of the molecule is CN1CCN(Cc2cccc(CN3CCN(C)CC3)[c]2[Bi]2[O]C(C)(C)C(C)(C)[O]2)CC1. The number of likely N-dealkylation sites (N-methyl/N-ethyl adjacent to an activating group) is 2. The van der Waals surface area contributed by atoms with E-state index in [2.05, 4.69) is 79.6 Å². The van der Waals surface area contributed by atoms with E-state index in [1.165, 1.54) is 14.4 Å². The van der Waals surface area contributed by atoms with Gasteiger partial charge in [-0.3, -0.25) is 0 Å². The molecule has 4 rings (SSSR count). The van der Waals surface area contributed by atoms with Gasteiger partial charge in [0.2, 0.25) is 0 Å². The first-order valence-electron chi connectivity index (χ1n) is 11.8. The molecule has 0 aromatic heterocycles. The first-order valence-corrected chi connectivity index (χ1v) is 16.3. The molecule has 6 nitrogen and oxygen atoms in total. The van der Waals surface area contributed by atoms with Crippen LogP contribution in [-0.2, 0) is 18.7 Å². The van der Waals surface area contributed by atoms with Crippen molar-refractivity contribution < 1.29 is 5.63 Å². The van der Waals surface area contributed by atoms with Crippen LogP contribution < -0.4 is 3.27 Å². The molecular weight excluding hydrogens is 585 g/mol. The summed E-state index contributed by atoms with van der Waals surface area (Å²) in [5, 5.41) is 0. The molecule has 174 valence electrons. The molecule has 0 radical (unpaired) electrons. The van der Waals surface area contributed by atoms with Crippen LogP contribution in [0.15, 0.2) is 18.2 Å². The normalized spacial score (nSPS) is 26.5. The number of hydrogen-bond donors (Lipinski definition) is 0. The third-order valence-electron chi connectivity index (χ3n) is 7.44. The molecule has 1 aromatic carbocycles. The van der Waals surface area contributed by atoms with Gasteiger partial charge in [-0.1, -0.05) is 0 Å². The van der Waals surface area contributed by atoms with Gasteiger partial charge in [0.05, 0.1) is 0 Å². The molecule has 0 amide bonds. The second-order valence-electron chi connectivity index (χ2n) is 10.5. The fraction of sp³-hybridized carbons (Fsp3) is 0.750. The van der Waals surface area contributed by atoms with Crippen molar-refractivity contribution in [3.05, 3.63) is 29.3 Å². The minimum absolute atomic E-state index is 0.239. The zero-order chi connectivity index (χ0) is 22.2. The minimum atomic E-state index is -2.81. The van der Waals surface area contributed by atoms with Crippen molar-refractivity contribution in [1.82, 2.24) is 19.6 Å². The van der Waals surface area contributed by atoms with Gasteiger partial charge in [0.15, 0.2) is 0 Å². The monoisotopic (exact) mass is 626 g/mol. The Bertz CT molecular complexity index is 698. The second kappa shape index (κ2) is 9.62. The van der Waals surface area contributed by atoms with Gasteiger partial charge in [-0.15, -0.1) is 0 Å². The number of nitrogens with zero attached hydrogens (tertiary/aromatic N) is 4. The van der Waals surface area contributed by atoms with Crippen molar-refractivity contribution in [1.29, 1.82) is 0 Å². The summed E-state index contributed by atoms with van der Waals surface area (Å²) in [7, 11) is 4.44. The molecule has 0 saturated carbocycles. The molecule has 0 N–H and O–H groups in total. The van der Waals surface area contributed by atoms with E-state index < -0.39 is 22.6 Å². The van der Waals surface area contributed by atoms with Crippen molar-refractivity contribution in [3.63, 3.8) is 0 Å². The fourth-order valence-corrected chi connectivity index (χ4v) is 13.1. The Hall–Kier alpha value is -0.137. The Labute approximate surface area is 198 Å². The molecule has 7 heteroatoms. The summed E-state index contributed by atoms with van der Waals surface area (Å²) in [6, 6.07) is 6.93. The molecule has 0 bridgehead atoms. The van der Waals surface area contributed by atoms with E-state index in [1.54, 1.807) is 0 Å². The maximum atomic E-state index is 6.77. The van der Waals surface area contributed by atoms with Gasteiger partial charge in [-0.25, -0.2) is 0 Å². The van der Waals surface area contributed by atoms with Gasteiger partial charge in [-0.05, 0) is 0 Å². The zero-order valence-electron chi connectivity index (χ0n) is 20.4. The van der Waals surface area contributed by atoms with E-state index in [-0.39, 0.29) is 11.2 Å². The molecule has 0 spiro atoms. The molecule has 3 aliphatic heterocycles. The van der Waals surface area contributed by atoms with Gasteiger partial charge < -0.3 is 0 Å². The van der Waals surface area contributed by atoms with E-state index in [4.69, 9.17) is 5.63 Å². The molecule has 3 fully saturated rings. The molecule has 3 heterocycles. The third-order valence-corrected chi connectivity index (χ3v) is 15.9. The maximum absolute atomic E-state index is 6.77. The van der Waals surface area contributed by atoms with Crippen molar-refractivity contribution >= 4 is 25.9 Å². The molecule has 31 heavy (non-hydrogen) atoms. The average Bonchev–Trinajstić information content (AvgIpc) is 2.92. The van der Waals surface area contributed by atoms with Crippen molar-refractivity contribution in [2.24, 2.45) is 0 Å². The average molecular weight is 627 g/mol. The van der Waals surface area contributed by atoms with Crippen molar-refractivity contribution in [2.45, 2.75) is 52.0 Å². The summed E-state index contributed by atoms with van der Waals surface area (Å²) in [6.07, 6.45) is 0. The van der Waals surface area contributed by atoms with E-state index in [9.17, 15) is 0 Å². The number of rotatable bonds is 5. The third kappa shape index (κ3) is 5.51. The Morgan fingerprint density at radius 1 is 0.710 bits per heavy atom. The van der Waals surface area contributed by atoms with Gasteiger partial charge >= 0.3 is 199 Å². The fourth-order valence-electron chi connectivity index (χ4n) is 4.37. The van der Waals surface area contributed by atoms with Crippen LogP contribution in [0.4, 0.5) is 0 Å². The molecule has 0 atom stereocenters. The Kier molecular flexibility index (Phi) is 7.45. The van der Waals surface area contributed by atoms with Crippen molar-refractivity contribution in [2.75, 3.05) is 66.5 Å². The van der Waals surface area contributed by atoms with Crippen LogP contribution in [0.5, 0.6) is 0 Å². The Morgan fingerprint density at radius 3 is 1.48 bits per heavy atom. The molecule has 3 saturated heterocycles. The summed E-state index contributed by atoms with van der Waals surface area (Å²) in [6.45, 7) is 20.0. The summed E-state index contributed by atoms with van der Waals surface area (Å²) < 4.78 is 15.0. The van der Waals surface area contributed by atoms with Crippen LogP contribution in [0, 0.1) is 0 Å². The predicted octanol–water partition coefficient (Wildman–Crippen LogP) is 1.48. The van der Waals surface area contributed by atoms with Crippen LogP contribution in [0.25, 0.3) is 0 Å². The van der Waals surface area contributed by atoms with Crippen LogP contribution >= 0.6 is 0 Å². The van der Waals surface area contributed by atoms with E-state index in [0.717, 1.165) is 65.4 Å². The molecule has 3 aliphatic rings. The molecule has 0 aliphatic carbocycles. The summed E-state index contributed by atoms with van der Waals surface area (Å²) in [4.78, 5) is 10.1. The van der Waals surface area contributed by atoms with Crippen LogP contribution in [-0.4, -0.2) is 120 Å². The topological polar surface area (TPSA) is 31.4 Å². The van der Waals surface area contributed by atoms with Crippen molar-refractivity contribution in [3.8, 4) is 0 Å². The van der Waals surface area contributed by atoms with E-state index in [0.29, 0.717) is 0 Å². The number of benzene rings is 1. The first kappa shape index (κ1) is 24.0. The van der Waals surface area contributed by atoms with Gasteiger partial charge in [0.1, 0.15) is 0 Å². The number of piperazine rings is 2. The van der Waals surface area contributed by atoms with E-state index >= 15 is 0 Å². The summed E-state index contributed by atoms with van der Waals surface area (Å²) in [5.41, 5.74) is 2.42. The predicted molar refractivity (Wildman–Crippen MR) is 128 cm³/mol. The zero-order valence-corrected chi connectivity index (χ0v) is 23.8. The van der Waals surface area contributed by atoms with Gasteiger partial charge in [-0.2, -0.15) is 0 Å². The van der Waals surface area contributed by atoms with Gasteiger partial charge in [0, 0.05) is 0 Å². The standard InChI is InChI=1S/C18H29N4.C6H12O2.Bi/c1-19-6-10-21(11-7-19)15-17-4-3-5-18(14-17)16-22-12-8-20(2)9-13-22;1-5(2,7)6(3,4)8;/h3-5H,6-13,15-16H2,1-2H3;1-4H3;/q;-2;+2. The van der Waals surface area contributed by atoms with Crippen LogP contribution in [0.2, 0.25) is 0 Å². The molecular formula is C24H41BiN4O2. The first-order chi connectivity index (χ1) is 14.6. The van der Waals surface area contributed by atoms with Gasteiger partial charge in [0.25, 0.3) is 0 Å². The molecule has 1 aromatic rings. The Balaban J connectivity index is 1.61. The van der Waals surface area contributed by atoms with Crippen LogP contribution in [0.3, 0.4) is 0 Å². The molecule has 0 unspecified atom stereocenters. The quantitative estimate of drug-likeness (QED) is 0.461. The number of hydrogen-bond acceptors (Lipinski definition) is 6.